The number of rotatable bonds is 5. The molecule has 4 nitrogen and oxygen atoms in total. The van der Waals surface area contributed by atoms with Crippen LogP contribution >= 0.6 is 35.0 Å². The predicted molar refractivity (Wildman–Crippen MR) is 91.9 cm³/mol. The summed E-state index contributed by atoms with van der Waals surface area (Å²) >= 11 is 13.9. The standard InChI is InChI=1S/C15H17Cl2N3OS/c1-4-20-14(13(17)8-18-20)9-19(2)15(21)11-7-10(22-3)5-6-12(11)16/h5-8H,4,9H2,1-3H3. The third-order valence-electron chi connectivity index (χ3n) is 3.33. The average Bonchev–Trinajstić information content (AvgIpc) is 2.87. The summed E-state index contributed by atoms with van der Waals surface area (Å²) in [6.07, 6.45) is 3.56. The first kappa shape index (κ1) is 17.2. The van der Waals surface area contributed by atoms with E-state index in [0.29, 0.717) is 28.7 Å². The Morgan fingerprint density at radius 2 is 2.09 bits per heavy atom. The molecule has 0 saturated carbocycles. The number of thioether (sulfide) groups is 1. The lowest BCUT2D eigenvalue weighted by atomic mass is 10.2. The zero-order valence-corrected chi connectivity index (χ0v) is 15.0. The molecule has 0 unspecified atom stereocenters. The summed E-state index contributed by atoms with van der Waals surface area (Å²) in [5.41, 5.74) is 1.31. The summed E-state index contributed by atoms with van der Waals surface area (Å²) in [6, 6.07) is 5.45. The third kappa shape index (κ3) is 3.59. The minimum Gasteiger partial charge on any atom is -0.336 e. The minimum atomic E-state index is -0.138. The van der Waals surface area contributed by atoms with Gasteiger partial charge in [-0.25, -0.2) is 0 Å². The lowest BCUT2D eigenvalue weighted by molar-refractivity contribution is 0.0781. The van der Waals surface area contributed by atoms with Crippen LogP contribution in [0, 0.1) is 0 Å². The fourth-order valence-electron chi connectivity index (χ4n) is 2.11. The predicted octanol–water partition coefficient (Wildman–Crippen LogP) is 4.20. The molecule has 118 valence electrons. The zero-order valence-electron chi connectivity index (χ0n) is 12.6. The van der Waals surface area contributed by atoms with Crippen LogP contribution < -0.4 is 0 Å². The van der Waals surface area contributed by atoms with Crippen molar-refractivity contribution in [1.29, 1.82) is 0 Å². The van der Waals surface area contributed by atoms with Crippen LogP contribution in [-0.2, 0) is 13.1 Å². The molecule has 7 heteroatoms. The molecule has 0 saturated heterocycles. The molecular weight excluding hydrogens is 341 g/mol. The van der Waals surface area contributed by atoms with E-state index in [1.807, 2.05) is 25.3 Å². The van der Waals surface area contributed by atoms with Crippen molar-refractivity contribution in [3.63, 3.8) is 0 Å². The molecule has 0 aliphatic carbocycles. The number of aryl methyl sites for hydroxylation is 1. The summed E-state index contributed by atoms with van der Waals surface area (Å²) in [5.74, 6) is -0.138. The molecule has 0 bridgehead atoms. The second-order valence-electron chi connectivity index (χ2n) is 4.76. The van der Waals surface area contributed by atoms with Gasteiger partial charge in [0.25, 0.3) is 5.91 Å². The molecule has 2 rings (SSSR count). The van der Waals surface area contributed by atoms with Crippen molar-refractivity contribution in [3.05, 3.63) is 45.7 Å². The van der Waals surface area contributed by atoms with E-state index >= 15 is 0 Å². The zero-order chi connectivity index (χ0) is 16.3. The van der Waals surface area contributed by atoms with Gasteiger partial charge in [0, 0.05) is 18.5 Å². The van der Waals surface area contributed by atoms with Crippen molar-refractivity contribution in [2.24, 2.45) is 0 Å². The van der Waals surface area contributed by atoms with Gasteiger partial charge in [0.15, 0.2) is 0 Å². The molecule has 2 aromatic rings. The Hall–Kier alpha value is -1.17. The van der Waals surface area contributed by atoms with Crippen LogP contribution in [0.2, 0.25) is 10.0 Å². The van der Waals surface area contributed by atoms with Crippen molar-refractivity contribution in [2.45, 2.75) is 24.9 Å². The van der Waals surface area contributed by atoms with Crippen LogP contribution in [0.15, 0.2) is 29.3 Å². The Morgan fingerprint density at radius 3 is 2.73 bits per heavy atom. The van der Waals surface area contributed by atoms with E-state index in [1.165, 1.54) is 0 Å². The lowest BCUT2D eigenvalue weighted by Gasteiger charge is -2.19. The van der Waals surface area contributed by atoms with Crippen LogP contribution in [0.1, 0.15) is 23.0 Å². The highest BCUT2D eigenvalue weighted by Crippen LogP contribution is 2.25. The quantitative estimate of drug-likeness (QED) is 0.752. The highest BCUT2D eigenvalue weighted by molar-refractivity contribution is 7.98. The first-order chi connectivity index (χ1) is 10.5. The number of hydrogen-bond acceptors (Lipinski definition) is 3. The topological polar surface area (TPSA) is 38.1 Å². The van der Waals surface area contributed by atoms with Gasteiger partial charge in [-0.1, -0.05) is 23.2 Å². The van der Waals surface area contributed by atoms with Crippen LogP contribution in [0.3, 0.4) is 0 Å². The highest BCUT2D eigenvalue weighted by Gasteiger charge is 2.19. The summed E-state index contributed by atoms with van der Waals surface area (Å²) in [6.45, 7) is 3.06. The third-order valence-corrected chi connectivity index (χ3v) is 4.71. The van der Waals surface area contributed by atoms with Gasteiger partial charge in [-0.2, -0.15) is 5.10 Å². The van der Waals surface area contributed by atoms with Crippen LogP contribution in [0.25, 0.3) is 0 Å². The van der Waals surface area contributed by atoms with Gasteiger partial charge in [0.2, 0.25) is 0 Å². The molecule has 0 N–H and O–H groups in total. The second kappa shape index (κ2) is 7.40. The Kier molecular flexibility index (Phi) is 5.78. The Balaban J connectivity index is 2.24. The summed E-state index contributed by atoms with van der Waals surface area (Å²) in [7, 11) is 1.73. The van der Waals surface area contributed by atoms with E-state index in [4.69, 9.17) is 23.2 Å². The number of carbonyl (C=O) groups is 1. The maximum Gasteiger partial charge on any atom is 0.255 e. The number of carbonyl (C=O) groups excluding carboxylic acids is 1. The van der Waals surface area contributed by atoms with Crippen LogP contribution in [0.5, 0.6) is 0 Å². The molecule has 1 amide bonds. The van der Waals surface area contributed by atoms with Crippen LogP contribution in [-0.4, -0.2) is 33.9 Å². The minimum absolute atomic E-state index is 0.138. The lowest BCUT2D eigenvalue weighted by Crippen LogP contribution is -2.28. The summed E-state index contributed by atoms with van der Waals surface area (Å²) in [5, 5.41) is 5.19. The number of aromatic nitrogens is 2. The van der Waals surface area contributed by atoms with Gasteiger partial charge < -0.3 is 4.90 Å². The van der Waals surface area contributed by atoms with Gasteiger partial charge in [0.1, 0.15) is 0 Å². The van der Waals surface area contributed by atoms with Gasteiger partial charge in [0.05, 0.1) is 34.0 Å². The fraction of sp³-hybridized carbons (Fsp3) is 0.333. The first-order valence-corrected chi connectivity index (χ1v) is 8.75. The maximum atomic E-state index is 12.6. The first-order valence-electron chi connectivity index (χ1n) is 6.77. The molecule has 0 atom stereocenters. The molecule has 1 heterocycles. The SMILES string of the molecule is CCn1ncc(Cl)c1CN(C)C(=O)c1cc(SC)ccc1Cl. The van der Waals surface area contributed by atoms with Crippen molar-refractivity contribution >= 4 is 40.9 Å². The van der Waals surface area contributed by atoms with Gasteiger partial charge in [-0.05, 0) is 31.4 Å². The molecule has 0 aliphatic heterocycles. The second-order valence-corrected chi connectivity index (χ2v) is 6.46. The maximum absolute atomic E-state index is 12.6. The Bertz CT molecular complexity index is 687. The molecule has 0 radical (unpaired) electrons. The number of nitrogens with zero attached hydrogens (tertiary/aromatic N) is 3. The van der Waals surface area contributed by atoms with E-state index in [-0.39, 0.29) is 5.91 Å². The fourth-order valence-corrected chi connectivity index (χ4v) is 2.95. The number of halogens is 2. The molecule has 1 aromatic carbocycles. The van der Waals surface area contributed by atoms with Crippen molar-refractivity contribution in [3.8, 4) is 0 Å². The number of hydrogen-bond donors (Lipinski definition) is 0. The van der Waals surface area contributed by atoms with Crippen molar-refractivity contribution in [2.75, 3.05) is 13.3 Å². The van der Waals surface area contributed by atoms with E-state index in [9.17, 15) is 4.79 Å². The molecule has 0 spiro atoms. The van der Waals surface area contributed by atoms with Crippen molar-refractivity contribution in [1.82, 2.24) is 14.7 Å². The molecular formula is C15H17Cl2N3OS. The van der Waals surface area contributed by atoms with E-state index in [0.717, 1.165) is 10.6 Å². The largest absolute Gasteiger partial charge is 0.336 e. The van der Waals surface area contributed by atoms with Gasteiger partial charge in [-0.15, -0.1) is 11.8 Å². The molecule has 22 heavy (non-hydrogen) atoms. The van der Waals surface area contributed by atoms with E-state index in [2.05, 4.69) is 5.10 Å². The smallest absolute Gasteiger partial charge is 0.255 e. The van der Waals surface area contributed by atoms with Gasteiger partial charge in [-0.3, -0.25) is 9.48 Å². The average molecular weight is 358 g/mol. The Labute approximate surface area is 144 Å². The van der Waals surface area contributed by atoms with Gasteiger partial charge >= 0.3 is 0 Å². The van der Waals surface area contributed by atoms with E-state index < -0.39 is 0 Å². The number of amides is 1. The number of benzene rings is 1. The van der Waals surface area contributed by atoms with Crippen LogP contribution in [0.4, 0.5) is 0 Å². The summed E-state index contributed by atoms with van der Waals surface area (Å²) < 4.78 is 1.78. The summed E-state index contributed by atoms with van der Waals surface area (Å²) in [4.78, 5) is 15.2. The van der Waals surface area contributed by atoms with Crippen molar-refractivity contribution < 1.29 is 4.79 Å². The van der Waals surface area contributed by atoms with E-state index in [1.54, 1.807) is 40.7 Å². The Morgan fingerprint density at radius 1 is 1.36 bits per heavy atom. The molecule has 0 fully saturated rings. The molecule has 1 aromatic heterocycles. The normalized spacial score (nSPS) is 10.8. The highest BCUT2D eigenvalue weighted by atomic mass is 35.5. The molecule has 0 aliphatic rings. The monoisotopic (exact) mass is 357 g/mol.